The molecular weight excluding hydrogens is 342 g/mol. The Kier molecular flexibility index (Phi) is 5.31. The molecule has 0 aliphatic carbocycles. The van der Waals surface area contributed by atoms with Gasteiger partial charge < -0.3 is 14.5 Å². The van der Waals surface area contributed by atoms with Crippen LogP contribution >= 0.6 is 0 Å². The monoisotopic (exact) mass is 365 g/mol. The highest BCUT2D eigenvalue weighted by Crippen LogP contribution is 2.24. The van der Waals surface area contributed by atoms with Crippen LogP contribution < -0.4 is 15.5 Å². The van der Waals surface area contributed by atoms with Crippen LogP contribution in [0.1, 0.15) is 41.6 Å². The van der Waals surface area contributed by atoms with Gasteiger partial charge in [0.15, 0.2) is 11.2 Å². The van der Waals surface area contributed by atoms with E-state index in [1.807, 2.05) is 51.1 Å². The minimum Gasteiger partial charge on any atom is -0.497 e. The molecule has 0 aliphatic rings. The lowest BCUT2D eigenvalue weighted by atomic mass is 9.96. The lowest BCUT2D eigenvalue weighted by Crippen LogP contribution is -2.32. The van der Waals surface area contributed by atoms with Crippen molar-refractivity contribution in [3.8, 4) is 5.75 Å². The highest BCUT2D eigenvalue weighted by Gasteiger charge is 2.21. The van der Waals surface area contributed by atoms with Crippen molar-refractivity contribution in [1.29, 1.82) is 0 Å². The van der Waals surface area contributed by atoms with Gasteiger partial charge in [0.05, 0.1) is 18.5 Å². The summed E-state index contributed by atoms with van der Waals surface area (Å²) in [4.78, 5) is 25.1. The van der Waals surface area contributed by atoms with Gasteiger partial charge in [0, 0.05) is 6.07 Å². The van der Waals surface area contributed by atoms with E-state index in [4.69, 9.17) is 9.15 Å². The zero-order valence-electron chi connectivity index (χ0n) is 15.9. The van der Waals surface area contributed by atoms with Gasteiger partial charge in [-0.1, -0.05) is 37.6 Å². The second-order valence-electron chi connectivity index (χ2n) is 6.94. The summed E-state index contributed by atoms with van der Waals surface area (Å²) in [5.41, 5.74) is 2.10. The van der Waals surface area contributed by atoms with Crippen LogP contribution in [0.2, 0.25) is 0 Å². The Morgan fingerprint density at radius 2 is 1.78 bits per heavy atom. The Hall–Kier alpha value is -3.08. The quantitative estimate of drug-likeness (QED) is 0.734. The van der Waals surface area contributed by atoms with Crippen LogP contribution in [0.4, 0.5) is 0 Å². The zero-order chi connectivity index (χ0) is 19.6. The first kappa shape index (κ1) is 18.7. The van der Waals surface area contributed by atoms with Crippen LogP contribution in [0.3, 0.4) is 0 Å². The van der Waals surface area contributed by atoms with E-state index in [1.54, 1.807) is 19.2 Å². The van der Waals surface area contributed by atoms with Gasteiger partial charge in [-0.05, 0) is 42.7 Å². The number of carbonyl (C=O) groups excluding carboxylic acids is 1. The van der Waals surface area contributed by atoms with Crippen LogP contribution in [0, 0.1) is 12.8 Å². The van der Waals surface area contributed by atoms with E-state index in [1.165, 1.54) is 6.07 Å². The van der Waals surface area contributed by atoms with Crippen molar-refractivity contribution in [1.82, 2.24) is 5.32 Å². The number of ether oxygens (including phenoxy) is 1. The summed E-state index contributed by atoms with van der Waals surface area (Å²) >= 11 is 0. The first-order chi connectivity index (χ1) is 12.9. The number of rotatable bonds is 5. The number of amides is 1. The molecule has 0 fully saturated rings. The van der Waals surface area contributed by atoms with E-state index >= 15 is 0 Å². The molecule has 1 unspecified atom stereocenters. The molecule has 140 valence electrons. The number of methoxy groups -OCH3 is 1. The highest BCUT2D eigenvalue weighted by atomic mass is 16.5. The summed E-state index contributed by atoms with van der Waals surface area (Å²) in [5, 5.41) is 3.45. The van der Waals surface area contributed by atoms with Gasteiger partial charge in [-0.25, -0.2) is 0 Å². The number of benzene rings is 2. The third-order valence-electron chi connectivity index (χ3n) is 4.53. The fourth-order valence-corrected chi connectivity index (χ4v) is 3.04. The van der Waals surface area contributed by atoms with Crippen LogP contribution in [0.5, 0.6) is 5.75 Å². The summed E-state index contributed by atoms with van der Waals surface area (Å²) in [7, 11) is 1.61. The summed E-state index contributed by atoms with van der Waals surface area (Å²) in [5.74, 6) is 0.500. The molecule has 27 heavy (non-hydrogen) atoms. The molecule has 1 N–H and O–H groups in total. The lowest BCUT2D eigenvalue weighted by molar-refractivity contribution is 0.0898. The second-order valence-corrected chi connectivity index (χ2v) is 6.94. The highest BCUT2D eigenvalue weighted by molar-refractivity contribution is 5.93. The Balaban J connectivity index is 1.90. The van der Waals surface area contributed by atoms with E-state index < -0.39 is 5.91 Å². The Bertz CT molecular complexity index is 1020. The van der Waals surface area contributed by atoms with Gasteiger partial charge in [-0.3, -0.25) is 9.59 Å². The summed E-state index contributed by atoms with van der Waals surface area (Å²) in [6.45, 7) is 5.95. The topological polar surface area (TPSA) is 68.5 Å². The molecule has 1 atom stereocenters. The summed E-state index contributed by atoms with van der Waals surface area (Å²) < 4.78 is 10.9. The molecule has 0 radical (unpaired) electrons. The third kappa shape index (κ3) is 4.03. The van der Waals surface area contributed by atoms with Gasteiger partial charge in [-0.2, -0.15) is 0 Å². The summed E-state index contributed by atoms with van der Waals surface area (Å²) in [6.07, 6.45) is 0. The van der Waals surface area contributed by atoms with Crippen molar-refractivity contribution in [2.45, 2.75) is 26.8 Å². The van der Waals surface area contributed by atoms with Crippen molar-refractivity contribution in [3.63, 3.8) is 0 Å². The van der Waals surface area contributed by atoms with Crippen molar-refractivity contribution < 1.29 is 13.9 Å². The predicted molar refractivity (Wildman–Crippen MR) is 105 cm³/mol. The number of hydrogen-bond acceptors (Lipinski definition) is 4. The van der Waals surface area contributed by atoms with E-state index in [-0.39, 0.29) is 23.1 Å². The molecular formula is C22H23NO4. The van der Waals surface area contributed by atoms with Crippen molar-refractivity contribution in [2.75, 3.05) is 7.11 Å². The number of carbonyl (C=O) groups is 1. The maximum absolute atomic E-state index is 12.8. The van der Waals surface area contributed by atoms with E-state index in [0.717, 1.165) is 16.9 Å². The molecule has 0 aliphatic heterocycles. The van der Waals surface area contributed by atoms with E-state index in [9.17, 15) is 9.59 Å². The van der Waals surface area contributed by atoms with E-state index in [0.29, 0.717) is 11.0 Å². The largest absolute Gasteiger partial charge is 0.497 e. The minimum atomic E-state index is -0.413. The molecule has 1 heterocycles. The SMILES string of the molecule is COc1ccc(C(NC(=O)c2cc(=O)c3cc(C)ccc3o2)C(C)C)cc1. The molecule has 0 saturated carbocycles. The lowest BCUT2D eigenvalue weighted by Gasteiger charge is -2.23. The maximum atomic E-state index is 12.8. The first-order valence-electron chi connectivity index (χ1n) is 8.88. The van der Waals surface area contributed by atoms with E-state index in [2.05, 4.69) is 5.32 Å². The van der Waals surface area contributed by atoms with Crippen LogP contribution in [0.25, 0.3) is 11.0 Å². The molecule has 2 aromatic carbocycles. The van der Waals surface area contributed by atoms with Crippen LogP contribution in [-0.2, 0) is 0 Å². The van der Waals surface area contributed by atoms with Gasteiger partial charge in [0.1, 0.15) is 11.3 Å². The van der Waals surface area contributed by atoms with Gasteiger partial charge in [0.25, 0.3) is 5.91 Å². The van der Waals surface area contributed by atoms with Crippen molar-refractivity contribution >= 4 is 16.9 Å². The summed E-state index contributed by atoms with van der Waals surface area (Å²) in [6, 6.07) is 13.9. The number of hydrogen-bond donors (Lipinski definition) is 1. The van der Waals surface area contributed by atoms with Gasteiger partial charge >= 0.3 is 0 Å². The second kappa shape index (κ2) is 7.66. The number of fused-ring (bicyclic) bond motifs is 1. The molecule has 1 aromatic heterocycles. The molecule has 5 nitrogen and oxygen atoms in total. The smallest absolute Gasteiger partial charge is 0.287 e. The van der Waals surface area contributed by atoms with Crippen molar-refractivity contribution in [3.05, 3.63) is 75.6 Å². The molecule has 0 bridgehead atoms. The minimum absolute atomic E-state index is 0.00974. The average molecular weight is 365 g/mol. The Morgan fingerprint density at radius 3 is 2.41 bits per heavy atom. The fraction of sp³-hybridized carbons (Fsp3) is 0.273. The van der Waals surface area contributed by atoms with Crippen molar-refractivity contribution in [2.24, 2.45) is 5.92 Å². The normalized spacial score (nSPS) is 12.2. The molecule has 3 aromatic rings. The zero-order valence-corrected chi connectivity index (χ0v) is 15.9. The first-order valence-corrected chi connectivity index (χ1v) is 8.88. The van der Waals surface area contributed by atoms with Gasteiger partial charge in [-0.15, -0.1) is 0 Å². The molecule has 5 heteroatoms. The molecule has 3 rings (SSSR count). The fourth-order valence-electron chi connectivity index (χ4n) is 3.04. The standard InChI is InChI=1S/C22H23NO4/c1-13(2)21(15-6-8-16(26-4)9-7-15)23-22(25)20-12-18(24)17-11-14(3)5-10-19(17)27-20/h5-13,21H,1-4H3,(H,23,25). The molecule has 0 saturated heterocycles. The predicted octanol–water partition coefficient (Wildman–Crippen LogP) is 4.24. The average Bonchev–Trinajstić information content (AvgIpc) is 2.66. The van der Waals surface area contributed by atoms with Crippen LogP contribution in [0.15, 0.2) is 57.7 Å². The maximum Gasteiger partial charge on any atom is 0.287 e. The number of aryl methyl sites for hydroxylation is 1. The van der Waals surface area contributed by atoms with Crippen LogP contribution in [-0.4, -0.2) is 13.0 Å². The Morgan fingerprint density at radius 1 is 1.07 bits per heavy atom. The number of nitrogens with one attached hydrogen (secondary N) is 1. The molecule has 0 spiro atoms. The third-order valence-corrected chi connectivity index (χ3v) is 4.53. The van der Waals surface area contributed by atoms with Gasteiger partial charge in [0.2, 0.25) is 0 Å². The Labute approximate surface area is 158 Å². The molecule has 1 amide bonds.